The third kappa shape index (κ3) is 12.4. The molecule has 18 heavy (non-hydrogen) atoms. The molecule has 0 aliphatic rings. The Bertz CT molecular complexity index is 255. The molecule has 0 amide bonds. The lowest BCUT2D eigenvalue weighted by atomic mass is 10.0. The lowest BCUT2D eigenvalue weighted by Gasteiger charge is -2.04. The van der Waals surface area contributed by atoms with Crippen molar-refractivity contribution in [2.24, 2.45) is 5.92 Å². The maximum absolute atomic E-state index is 10.2. The highest BCUT2D eigenvalue weighted by molar-refractivity contribution is 5.82. The van der Waals surface area contributed by atoms with Crippen LogP contribution in [0.2, 0.25) is 0 Å². The Morgan fingerprint density at radius 3 is 1.28 bits per heavy atom. The Morgan fingerprint density at radius 2 is 1.17 bits per heavy atom. The quantitative estimate of drug-likeness (QED) is 0.304. The number of carboxylic acid groups (broad SMARTS) is 3. The molecule has 0 unspecified atom stereocenters. The minimum Gasteiger partial charge on any atom is -0.481 e. The molecule has 0 saturated heterocycles. The number of aliphatic hydroxyl groups excluding tert-OH is 3. The van der Waals surface area contributed by atoms with Crippen LogP contribution < -0.4 is 0 Å². The molecule has 0 aromatic heterocycles. The normalized spacial score (nSPS) is 9.83. The molecule has 9 nitrogen and oxygen atoms in total. The van der Waals surface area contributed by atoms with Crippen LogP contribution in [0.15, 0.2) is 0 Å². The third-order valence-corrected chi connectivity index (χ3v) is 1.61. The number of aliphatic hydroxyl groups is 3. The van der Waals surface area contributed by atoms with Crippen molar-refractivity contribution in [3.63, 3.8) is 0 Å². The first kappa shape index (κ1) is 18.6. The fourth-order valence-corrected chi connectivity index (χ4v) is 0.726. The molecule has 0 aromatic rings. The number of aliphatic carboxylic acids is 3. The number of rotatable bonds is 7. The summed E-state index contributed by atoms with van der Waals surface area (Å²) in [6.45, 7) is -0.729. The number of hydrogen-bond donors (Lipinski definition) is 6. The lowest BCUT2D eigenvalue weighted by molar-refractivity contribution is -0.152. The van der Waals surface area contributed by atoms with Crippen LogP contribution in [0.4, 0.5) is 0 Å². The van der Waals surface area contributed by atoms with E-state index in [4.69, 9.17) is 30.6 Å². The molecule has 0 saturated carbocycles. The summed E-state index contributed by atoms with van der Waals surface area (Å²) in [7, 11) is 0. The second kappa shape index (κ2) is 10.4. The fraction of sp³-hybridized carbons (Fsp3) is 0.667. The minimum absolute atomic E-state index is 0.365. The van der Waals surface area contributed by atoms with Gasteiger partial charge in [0.1, 0.15) is 6.10 Å². The number of hydrogen-bond acceptors (Lipinski definition) is 6. The average Bonchev–Trinajstić information content (AvgIpc) is 2.26. The van der Waals surface area contributed by atoms with Gasteiger partial charge in [0.25, 0.3) is 0 Å². The van der Waals surface area contributed by atoms with E-state index in [9.17, 15) is 14.4 Å². The molecule has 0 spiro atoms. The van der Waals surface area contributed by atoms with Gasteiger partial charge in [-0.1, -0.05) is 0 Å². The highest BCUT2D eigenvalue weighted by atomic mass is 16.4. The fourth-order valence-electron chi connectivity index (χ4n) is 0.726. The van der Waals surface area contributed by atoms with E-state index in [1.54, 1.807) is 0 Å². The summed E-state index contributed by atoms with van der Waals surface area (Å²) >= 11 is 0. The van der Waals surface area contributed by atoms with E-state index in [1.165, 1.54) is 0 Å². The number of carboxylic acids is 3. The van der Waals surface area contributed by atoms with Gasteiger partial charge in [-0.25, -0.2) is 0 Å². The molecule has 0 aromatic carbocycles. The van der Waals surface area contributed by atoms with Crippen LogP contribution in [0.5, 0.6) is 0 Å². The second-order valence-electron chi connectivity index (χ2n) is 3.25. The summed E-state index contributed by atoms with van der Waals surface area (Å²) < 4.78 is 0. The van der Waals surface area contributed by atoms with Gasteiger partial charge < -0.3 is 30.6 Å². The van der Waals surface area contributed by atoms with Gasteiger partial charge >= 0.3 is 17.9 Å². The van der Waals surface area contributed by atoms with E-state index in [0.717, 1.165) is 0 Å². The van der Waals surface area contributed by atoms with E-state index < -0.39 is 42.8 Å². The molecule has 0 fully saturated rings. The van der Waals surface area contributed by atoms with E-state index in [1.807, 2.05) is 0 Å². The molecular formula is C9H16O9. The van der Waals surface area contributed by atoms with Gasteiger partial charge in [0, 0.05) is 0 Å². The first-order chi connectivity index (χ1) is 8.24. The van der Waals surface area contributed by atoms with E-state index in [0.29, 0.717) is 0 Å². The predicted molar refractivity (Wildman–Crippen MR) is 55.8 cm³/mol. The van der Waals surface area contributed by atoms with E-state index >= 15 is 0 Å². The Morgan fingerprint density at radius 1 is 0.833 bits per heavy atom. The zero-order chi connectivity index (χ0) is 14.7. The zero-order valence-corrected chi connectivity index (χ0v) is 9.39. The van der Waals surface area contributed by atoms with Crippen molar-refractivity contribution in [2.45, 2.75) is 18.9 Å². The molecule has 0 bridgehead atoms. The molecule has 0 atom stereocenters. The summed E-state index contributed by atoms with van der Waals surface area (Å²) in [4.78, 5) is 30.3. The summed E-state index contributed by atoms with van der Waals surface area (Å²) in [5.41, 5.74) is 0. The average molecular weight is 268 g/mol. The van der Waals surface area contributed by atoms with Crippen LogP contribution in [0.25, 0.3) is 0 Å². The van der Waals surface area contributed by atoms with Crippen molar-refractivity contribution in [3.8, 4) is 0 Å². The van der Waals surface area contributed by atoms with Crippen molar-refractivity contribution in [2.75, 3.05) is 13.2 Å². The van der Waals surface area contributed by atoms with Gasteiger partial charge in [-0.3, -0.25) is 14.4 Å². The first-order valence-electron chi connectivity index (χ1n) is 4.80. The molecule has 0 aliphatic carbocycles. The molecular weight excluding hydrogens is 252 g/mol. The molecule has 0 radical (unpaired) electrons. The highest BCUT2D eigenvalue weighted by Crippen LogP contribution is 2.08. The SMILES string of the molecule is O=C(O)CC(CC(=O)O)C(=O)O.OCC(O)CO. The van der Waals surface area contributed by atoms with Gasteiger partial charge in [0.2, 0.25) is 0 Å². The van der Waals surface area contributed by atoms with Gasteiger partial charge in [0.15, 0.2) is 0 Å². The highest BCUT2D eigenvalue weighted by Gasteiger charge is 2.23. The summed E-state index contributed by atoms with van der Waals surface area (Å²) in [5.74, 6) is -5.38. The zero-order valence-electron chi connectivity index (χ0n) is 9.39. The van der Waals surface area contributed by atoms with Crippen molar-refractivity contribution in [1.82, 2.24) is 0 Å². The summed E-state index contributed by atoms with van der Waals surface area (Å²) in [6, 6.07) is 0. The maximum Gasteiger partial charge on any atom is 0.307 e. The largest absolute Gasteiger partial charge is 0.481 e. The van der Waals surface area contributed by atoms with Crippen molar-refractivity contribution >= 4 is 17.9 Å². The van der Waals surface area contributed by atoms with Crippen molar-refractivity contribution in [3.05, 3.63) is 0 Å². The standard InChI is InChI=1S/C6H8O6.C3H8O3/c7-4(8)1-3(6(11)12)2-5(9)10;4-1-3(6)2-5/h3H,1-2H2,(H,7,8)(H,9,10)(H,11,12);3-6H,1-2H2. The first-order valence-corrected chi connectivity index (χ1v) is 4.80. The molecule has 9 heteroatoms. The van der Waals surface area contributed by atoms with Crippen LogP contribution >= 0.6 is 0 Å². The predicted octanol–water partition coefficient (Wildman–Crippen LogP) is -2.03. The molecule has 0 heterocycles. The van der Waals surface area contributed by atoms with E-state index in [-0.39, 0.29) is 13.2 Å². The third-order valence-electron chi connectivity index (χ3n) is 1.61. The van der Waals surface area contributed by atoms with Crippen LogP contribution in [0.1, 0.15) is 12.8 Å². The van der Waals surface area contributed by atoms with Crippen molar-refractivity contribution < 1.29 is 45.0 Å². The van der Waals surface area contributed by atoms with Gasteiger partial charge in [-0.2, -0.15) is 0 Å². The Hall–Kier alpha value is -1.71. The monoisotopic (exact) mass is 268 g/mol. The molecule has 6 N–H and O–H groups in total. The van der Waals surface area contributed by atoms with Gasteiger partial charge in [0.05, 0.1) is 32.0 Å². The molecule has 0 aliphatic heterocycles. The van der Waals surface area contributed by atoms with Crippen molar-refractivity contribution in [1.29, 1.82) is 0 Å². The van der Waals surface area contributed by atoms with Crippen LogP contribution in [0, 0.1) is 5.92 Å². The second-order valence-corrected chi connectivity index (χ2v) is 3.25. The summed E-state index contributed by atoms with van der Waals surface area (Å²) in [6.07, 6.45) is -2.28. The Labute approximate surface area is 102 Å². The topological polar surface area (TPSA) is 173 Å². The molecule has 0 rings (SSSR count). The minimum atomic E-state index is -1.40. The Kier molecular flexibility index (Phi) is 10.8. The summed E-state index contributed by atoms with van der Waals surface area (Å²) in [5, 5.41) is 48.7. The van der Waals surface area contributed by atoms with Crippen LogP contribution in [0.3, 0.4) is 0 Å². The number of carbonyl (C=O) groups is 3. The lowest BCUT2D eigenvalue weighted by Crippen LogP contribution is -2.20. The van der Waals surface area contributed by atoms with Gasteiger partial charge in [-0.05, 0) is 0 Å². The van der Waals surface area contributed by atoms with Crippen LogP contribution in [-0.2, 0) is 14.4 Å². The smallest absolute Gasteiger partial charge is 0.307 e. The van der Waals surface area contributed by atoms with Crippen LogP contribution in [-0.4, -0.2) is 67.9 Å². The Balaban J connectivity index is 0. The van der Waals surface area contributed by atoms with Gasteiger partial charge in [-0.15, -0.1) is 0 Å². The molecule has 106 valence electrons. The van der Waals surface area contributed by atoms with E-state index in [2.05, 4.69) is 0 Å². The maximum atomic E-state index is 10.2.